The highest BCUT2D eigenvalue weighted by Gasteiger charge is 2.38. The van der Waals surface area contributed by atoms with Crippen molar-refractivity contribution in [2.24, 2.45) is 0 Å². The van der Waals surface area contributed by atoms with Gasteiger partial charge in [-0.1, -0.05) is 23.2 Å². The highest BCUT2D eigenvalue weighted by Crippen LogP contribution is 2.29. The highest BCUT2D eigenvalue weighted by molar-refractivity contribution is 5.95. The van der Waals surface area contributed by atoms with Gasteiger partial charge in [-0.15, -0.1) is 5.92 Å². The molecule has 1 N–H and O–H groups in total. The van der Waals surface area contributed by atoms with Gasteiger partial charge in [0.25, 0.3) is 5.91 Å². The van der Waals surface area contributed by atoms with E-state index in [4.69, 9.17) is 0 Å². The van der Waals surface area contributed by atoms with Crippen LogP contribution in [-0.4, -0.2) is 21.6 Å². The van der Waals surface area contributed by atoms with Gasteiger partial charge in [-0.05, 0) is 32.9 Å². The zero-order valence-corrected chi connectivity index (χ0v) is 13.2. The zero-order chi connectivity index (χ0) is 18.0. The predicted molar refractivity (Wildman–Crippen MR) is 79.7 cm³/mol. The lowest BCUT2D eigenvalue weighted by Gasteiger charge is -2.19. The molecule has 0 saturated carbocycles. The molecule has 2 aromatic rings. The second-order valence-electron chi connectivity index (χ2n) is 5.45. The first-order chi connectivity index (χ1) is 11.1. The molecule has 2 rings (SSSR count). The van der Waals surface area contributed by atoms with Crippen LogP contribution in [0.15, 0.2) is 28.8 Å². The van der Waals surface area contributed by atoms with Crippen LogP contribution in [0.3, 0.4) is 0 Å². The summed E-state index contributed by atoms with van der Waals surface area (Å²) >= 11 is 0. The summed E-state index contributed by atoms with van der Waals surface area (Å²) in [5.74, 6) is 3.61. The smallest absolute Gasteiger partial charge is 0.336 e. The van der Waals surface area contributed by atoms with Crippen LogP contribution in [0.25, 0.3) is 11.4 Å². The van der Waals surface area contributed by atoms with Gasteiger partial charge in [-0.3, -0.25) is 4.79 Å². The van der Waals surface area contributed by atoms with E-state index in [2.05, 4.69) is 31.8 Å². The van der Waals surface area contributed by atoms with Crippen LogP contribution in [-0.2, 0) is 6.18 Å². The standard InChI is InChI=1S/C16H14F3N3O2/c1-4-9-15(2,3)21-13(23)11-7-5-10(6-8-11)12-20-14(24-22-12)16(17,18)19/h5-8H,1-3H3,(H,21,23). The van der Waals surface area contributed by atoms with Crippen LogP contribution in [0, 0.1) is 11.8 Å². The van der Waals surface area contributed by atoms with E-state index in [0.717, 1.165) is 0 Å². The third-order valence-corrected chi connectivity index (χ3v) is 2.94. The number of halogens is 3. The van der Waals surface area contributed by atoms with Crippen LogP contribution in [0.1, 0.15) is 37.0 Å². The lowest BCUT2D eigenvalue weighted by molar-refractivity contribution is -0.159. The van der Waals surface area contributed by atoms with E-state index >= 15 is 0 Å². The topological polar surface area (TPSA) is 68.0 Å². The van der Waals surface area contributed by atoms with Crippen LogP contribution >= 0.6 is 0 Å². The fourth-order valence-electron chi connectivity index (χ4n) is 1.93. The van der Waals surface area contributed by atoms with Gasteiger partial charge >= 0.3 is 12.1 Å². The minimum atomic E-state index is -4.70. The fourth-order valence-corrected chi connectivity index (χ4v) is 1.93. The van der Waals surface area contributed by atoms with Crippen LogP contribution in [0.4, 0.5) is 13.2 Å². The number of nitrogens with zero attached hydrogens (tertiary/aromatic N) is 2. The SMILES string of the molecule is CC#CC(C)(C)NC(=O)c1ccc(-c2noc(C(F)(F)F)n2)cc1. The molecule has 5 nitrogen and oxygen atoms in total. The third-order valence-electron chi connectivity index (χ3n) is 2.94. The molecule has 1 amide bonds. The van der Waals surface area contributed by atoms with E-state index in [-0.39, 0.29) is 11.7 Å². The Morgan fingerprint density at radius 1 is 1.21 bits per heavy atom. The van der Waals surface area contributed by atoms with Crippen molar-refractivity contribution < 1.29 is 22.5 Å². The minimum absolute atomic E-state index is 0.202. The van der Waals surface area contributed by atoms with Crippen LogP contribution in [0.5, 0.6) is 0 Å². The van der Waals surface area contributed by atoms with E-state index in [1.54, 1.807) is 20.8 Å². The largest absolute Gasteiger partial charge is 0.471 e. The number of amides is 1. The molecule has 126 valence electrons. The number of benzene rings is 1. The summed E-state index contributed by atoms with van der Waals surface area (Å²) < 4.78 is 41.5. The van der Waals surface area contributed by atoms with Crippen molar-refractivity contribution in [2.45, 2.75) is 32.5 Å². The molecular weight excluding hydrogens is 323 g/mol. The Morgan fingerprint density at radius 2 is 1.83 bits per heavy atom. The molecule has 0 aliphatic carbocycles. The molecule has 0 bridgehead atoms. The third kappa shape index (κ3) is 4.13. The van der Waals surface area contributed by atoms with E-state index in [1.807, 2.05) is 0 Å². The molecule has 0 spiro atoms. The molecule has 0 fully saturated rings. The van der Waals surface area contributed by atoms with Gasteiger partial charge < -0.3 is 9.84 Å². The molecule has 0 unspecified atom stereocenters. The number of aromatic nitrogens is 2. The Hall–Kier alpha value is -2.82. The predicted octanol–water partition coefficient (Wildman–Crippen LogP) is 3.29. The normalized spacial score (nSPS) is 11.6. The monoisotopic (exact) mass is 337 g/mol. The summed E-state index contributed by atoms with van der Waals surface area (Å²) in [6, 6.07) is 5.81. The van der Waals surface area contributed by atoms with Gasteiger partial charge in [-0.2, -0.15) is 18.2 Å². The van der Waals surface area contributed by atoms with Gasteiger partial charge in [0.05, 0.1) is 5.54 Å². The second kappa shape index (κ2) is 6.35. The summed E-state index contributed by atoms with van der Waals surface area (Å²) in [5.41, 5.74) is -0.0533. The summed E-state index contributed by atoms with van der Waals surface area (Å²) in [6.07, 6.45) is -4.70. The number of rotatable bonds is 3. The van der Waals surface area contributed by atoms with Crippen molar-refractivity contribution in [3.63, 3.8) is 0 Å². The average Bonchev–Trinajstić information content (AvgIpc) is 2.96. The quantitative estimate of drug-likeness (QED) is 0.873. The lowest BCUT2D eigenvalue weighted by atomic mass is 10.0. The molecule has 0 atom stereocenters. The van der Waals surface area contributed by atoms with Gasteiger partial charge in [0.1, 0.15) is 0 Å². The first-order valence-corrected chi connectivity index (χ1v) is 6.90. The fraction of sp³-hybridized carbons (Fsp3) is 0.312. The average molecular weight is 337 g/mol. The number of hydrogen-bond acceptors (Lipinski definition) is 4. The van der Waals surface area contributed by atoms with Crippen LogP contribution in [0.2, 0.25) is 0 Å². The second-order valence-corrected chi connectivity index (χ2v) is 5.45. The Balaban J connectivity index is 2.17. The molecule has 1 aromatic heterocycles. The van der Waals surface area contributed by atoms with Crippen molar-refractivity contribution >= 4 is 5.91 Å². The van der Waals surface area contributed by atoms with Gasteiger partial charge in [0, 0.05) is 11.1 Å². The summed E-state index contributed by atoms with van der Waals surface area (Å²) in [4.78, 5) is 15.4. The number of carbonyl (C=O) groups is 1. The summed E-state index contributed by atoms with van der Waals surface area (Å²) in [6.45, 7) is 5.18. The van der Waals surface area contributed by atoms with Crippen molar-refractivity contribution in [3.8, 4) is 23.2 Å². The molecule has 0 radical (unpaired) electrons. The van der Waals surface area contributed by atoms with Gasteiger partial charge in [-0.25, -0.2) is 0 Å². The number of alkyl halides is 3. The zero-order valence-electron chi connectivity index (χ0n) is 13.2. The van der Waals surface area contributed by atoms with Gasteiger partial charge in [0.2, 0.25) is 5.82 Å². The Labute approximate surface area is 136 Å². The molecule has 24 heavy (non-hydrogen) atoms. The number of nitrogens with one attached hydrogen (secondary N) is 1. The van der Waals surface area contributed by atoms with Crippen LogP contribution < -0.4 is 5.32 Å². The summed E-state index contributed by atoms with van der Waals surface area (Å²) in [7, 11) is 0. The van der Waals surface area contributed by atoms with Crippen molar-refractivity contribution in [2.75, 3.05) is 0 Å². The van der Waals surface area contributed by atoms with Crippen molar-refractivity contribution in [1.29, 1.82) is 0 Å². The molecular formula is C16H14F3N3O2. The molecule has 0 saturated heterocycles. The molecule has 1 aromatic carbocycles. The summed E-state index contributed by atoms with van der Waals surface area (Å²) in [5, 5.41) is 6.03. The lowest BCUT2D eigenvalue weighted by Crippen LogP contribution is -2.42. The maximum atomic E-state index is 12.4. The van der Waals surface area contributed by atoms with E-state index in [1.165, 1.54) is 24.3 Å². The molecule has 1 heterocycles. The maximum Gasteiger partial charge on any atom is 0.471 e. The Bertz CT molecular complexity index is 796. The molecule has 0 aliphatic rings. The molecule has 0 aliphatic heterocycles. The minimum Gasteiger partial charge on any atom is -0.336 e. The molecule has 8 heteroatoms. The first-order valence-electron chi connectivity index (χ1n) is 6.90. The number of hydrogen-bond donors (Lipinski definition) is 1. The van der Waals surface area contributed by atoms with E-state index in [0.29, 0.717) is 11.1 Å². The highest BCUT2D eigenvalue weighted by atomic mass is 19.4. The maximum absolute atomic E-state index is 12.4. The van der Waals surface area contributed by atoms with E-state index in [9.17, 15) is 18.0 Å². The Kier molecular flexibility index (Phi) is 4.64. The van der Waals surface area contributed by atoms with Gasteiger partial charge in [0.15, 0.2) is 0 Å². The Morgan fingerprint density at radius 3 is 2.33 bits per heavy atom. The first kappa shape index (κ1) is 17.5. The number of carbonyl (C=O) groups excluding carboxylic acids is 1. The van der Waals surface area contributed by atoms with Crippen molar-refractivity contribution in [1.82, 2.24) is 15.5 Å². The van der Waals surface area contributed by atoms with Crippen molar-refractivity contribution in [3.05, 3.63) is 35.7 Å². The van der Waals surface area contributed by atoms with E-state index < -0.39 is 17.6 Å².